The maximum atomic E-state index is 15.3. The van der Waals surface area contributed by atoms with Crippen molar-refractivity contribution in [3.8, 4) is 11.5 Å². The van der Waals surface area contributed by atoms with Gasteiger partial charge in [0.05, 0.1) is 3.57 Å². The molecule has 3 nitrogen and oxygen atoms in total. The summed E-state index contributed by atoms with van der Waals surface area (Å²) in [6.45, 7) is 14.0. The standard InChI is InChI=1S/C26H28IO3P/c1-15-8-16(2)11-20(10-15)31(28,21-12-17(3)9-18(4)13-21)22-14-19(5)24-25(23(22)27)30-26(6,7)29-24/h8-14H,1-7H3. The van der Waals surface area contributed by atoms with Gasteiger partial charge in [-0.1, -0.05) is 34.4 Å². The molecule has 0 atom stereocenters. The van der Waals surface area contributed by atoms with Gasteiger partial charge in [0.25, 0.3) is 0 Å². The van der Waals surface area contributed by atoms with Crippen molar-refractivity contribution < 1.29 is 14.0 Å². The third-order valence-electron chi connectivity index (χ3n) is 5.52. The fourth-order valence-corrected chi connectivity index (χ4v) is 9.06. The average Bonchev–Trinajstić information content (AvgIpc) is 2.99. The summed E-state index contributed by atoms with van der Waals surface area (Å²) in [5.41, 5.74) is 5.35. The number of ether oxygens (including phenoxy) is 2. The third-order valence-corrected chi connectivity index (χ3v) is 10.0. The molecule has 0 aromatic heterocycles. The summed E-state index contributed by atoms with van der Waals surface area (Å²) in [6.07, 6.45) is 0. The Bertz CT molecular complexity index is 1160. The molecular formula is C26H28IO3P. The molecule has 5 heteroatoms. The molecule has 0 unspecified atom stereocenters. The molecule has 0 saturated carbocycles. The van der Waals surface area contributed by atoms with Crippen molar-refractivity contribution in [2.75, 3.05) is 0 Å². The Kier molecular flexibility index (Phi) is 5.54. The fraction of sp³-hybridized carbons (Fsp3) is 0.308. The van der Waals surface area contributed by atoms with Crippen LogP contribution >= 0.6 is 29.7 Å². The first kappa shape index (κ1) is 22.4. The highest BCUT2D eigenvalue weighted by molar-refractivity contribution is 14.1. The number of fused-ring (bicyclic) bond motifs is 1. The maximum absolute atomic E-state index is 15.3. The summed E-state index contributed by atoms with van der Waals surface area (Å²) in [5.74, 6) is 0.690. The first-order chi connectivity index (χ1) is 14.4. The number of rotatable bonds is 3. The van der Waals surface area contributed by atoms with Gasteiger partial charge in [0, 0.05) is 29.8 Å². The van der Waals surface area contributed by atoms with E-state index in [9.17, 15) is 0 Å². The molecule has 0 N–H and O–H groups in total. The molecule has 0 saturated heterocycles. The Labute approximate surface area is 198 Å². The van der Waals surface area contributed by atoms with Crippen molar-refractivity contribution in [1.29, 1.82) is 0 Å². The lowest BCUT2D eigenvalue weighted by molar-refractivity contribution is -0.0437. The lowest BCUT2D eigenvalue weighted by Crippen LogP contribution is -2.30. The topological polar surface area (TPSA) is 35.5 Å². The van der Waals surface area contributed by atoms with E-state index < -0.39 is 12.9 Å². The van der Waals surface area contributed by atoms with Crippen LogP contribution in [0.15, 0.2) is 42.5 Å². The van der Waals surface area contributed by atoms with Crippen LogP contribution in [0.4, 0.5) is 0 Å². The lowest BCUT2D eigenvalue weighted by atomic mass is 10.2. The Hall–Kier alpha value is -1.78. The molecule has 1 aliphatic heterocycles. The quantitative estimate of drug-likeness (QED) is 0.300. The van der Waals surface area contributed by atoms with Crippen LogP contribution in [0.5, 0.6) is 11.5 Å². The van der Waals surface area contributed by atoms with Gasteiger partial charge in [-0.15, -0.1) is 0 Å². The van der Waals surface area contributed by atoms with Crippen molar-refractivity contribution in [1.82, 2.24) is 0 Å². The normalized spacial score (nSPS) is 14.7. The highest BCUT2D eigenvalue weighted by atomic mass is 127. The Balaban J connectivity index is 2.09. The second-order valence-corrected chi connectivity index (χ2v) is 12.9. The monoisotopic (exact) mass is 546 g/mol. The number of aryl methyl sites for hydroxylation is 5. The van der Waals surface area contributed by atoms with Gasteiger partial charge < -0.3 is 14.0 Å². The molecule has 1 aliphatic rings. The molecule has 0 spiro atoms. The van der Waals surface area contributed by atoms with E-state index in [2.05, 4.69) is 86.7 Å². The van der Waals surface area contributed by atoms with Gasteiger partial charge in [0.15, 0.2) is 18.6 Å². The zero-order valence-electron chi connectivity index (χ0n) is 19.1. The molecule has 0 aliphatic carbocycles. The molecule has 3 aromatic rings. The highest BCUT2D eigenvalue weighted by Crippen LogP contribution is 2.51. The predicted octanol–water partition coefficient (Wildman–Crippen LogP) is 5.98. The SMILES string of the molecule is Cc1cc(C)cc(P(=O)(c2cc(C)cc(C)c2)c2cc(C)c3c(c2I)OC(C)(C)O3)c1. The molecule has 3 aromatic carbocycles. The van der Waals surface area contributed by atoms with E-state index in [4.69, 9.17) is 9.47 Å². The second-order valence-electron chi connectivity index (χ2n) is 9.09. The van der Waals surface area contributed by atoms with Crippen molar-refractivity contribution in [3.05, 3.63) is 73.9 Å². The van der Waals surface area contributed by atoms with Gasteiger partial charge in [0.1, 0.15) is 0 Å². The highest BCUT2D eigenvalue weighted by Gasteiger charge is 2.40. The van der Waals surface area contributed by atoms with Crippen molar-refractivity contribution in [2.45, 2.75) is 54.3 Å². The van der Waals surface area contributed by atoms with Gasteiger partial charge >= 0.3 is 0 Å². The Morgan fingerprint density at radius 1 is 0.710 bits per heavy atom. The van der Waals surface area contributed by atoms with Crippen LogP contribution in [0.2, 0.25) is 0 Å². The summed E-state index contributed by atoms with van der Waals surface area (Å²) in [7, 11) is -3.17. The van der Waals surface area contributed by atoms with Gasteiger partial charge in [-0.3, -0.25) is 0 Å². The number of benzene rings is 3. The van der Waals surface area contributed by atoms with Gasteiger partial charge in [-0.2, -0.15) is 0 Å². The maximum Gasteiger partial charge on any atom is 0.246 e. The van der Waals surface area contributed by atoms with E-state index in [-0.39, 0.29) is 0 Å². The van der Waals surface area contributed by atoms with Crippen LogP contribution in [0.3, 0.4) is 0 Å². The Morgan fingerprint density at radius 2 is 1.13 bits per heavy atom. The van der Waals surface area contributed by atoms with Crippen LogP contribution in [-0.2, 0) is 4.57 Å². The zero-order chi connectivity index (χ0) is 22.7. The lowest BCUT2D eigenvalue weighted by Gasteiger charge is -2.24. The molecule has 0 radical (unpaired) electrons. The first-order valence-electron chi connectivity index (χ1n) is 10.4. The summed E-state index contributed by atoms with van der Waals surface area (Å²) in [4.78, 5) is 0. The van der Waals surface area contributed by atoms with Crippen molar-refractivity contribution in [2.24, 2.45) is 0 Å². The molecule has 4 rings (SSSR count). The molecule has 0 bridgehead atoms. The summed E-state index contributed by atoms with van der Waals surface area (Å²) in [5, 5.41) is 2.51. The predicted molar refractivity (Wildman–Crippen MR) is 138 cm³/mol. The minimum absolute atomic E-state index is 0.689. The largest absolute Gasteiger partial charge is 0.449 e. The van der Waals surface area contributed by atoms with E-state index in [1.165, 1.54) is 0 Å². The van der Waals surface area contributed by atoms with Crippen molar-refractivity contribution >= 4 is 45.6 Å². The van der Waals surface area contributed by atoms with Gasteiger partial charge in [-0.05, 0) is 93.1 Å². The second kappa shape index (κ2) is 7.67. The van der Waals surface area contributed by atoms with Crippen LogP contribution in [0.1, 0.15) is 41.7 Å². The summed E-state index contributed by atoms with van der Waals surface area (Å²) in [6, 6.07) is 14.5. The molecule has 0 fully saturated rings. The van der Waals surface area contributed by atoms with E-state index in [1.807, 2.05) is 26.8 Å². The van der Waals surface area contributed by atoms with E-state index in [0.29, 0.717) is 5.75 Å². The van der Waals surface area contributed by atoms with Crippen molar-refractivity contribution in [3.63, 3.8) is 0 Å². The molecular weight excluding hydrogens is 518 g/mol. The Morgan fingerprint density at radius 3 is 1.58 bits per heavy atom. The van der Waals surface area contributed by atoms with E-state index >= 15 is 4.57 Å². The van der Waals surface area contributed by atoms with Gasteiger partial charge in [0.2, 0.25) is 5.79 Å². The number of hydrogen-bond donors (Lipinski definition) is 0. The van der Waals surface area contributed by atoms with Crippen LogP contribution in [-0.4, -0.2) is 5.79 Å². The third kappa shape index (κ3) is 3.93. The van der Waals surface area contributed by atoms with Gasteiger partial charge in [-0.25, -0.2) is 0 Å². The first-order valence-corrected chi connectivity index (χ1v) is 13.2. The molecule has 162 valence electrons. The minimum Gasteiger partial charge on any atom is -0.449 e. The van der Waals surface area contributed by atoms with Crippen LogP contribution in [0, 0.1) is 38.2 Å². The van der Waals surface area contributed by atoms with E-state index in [1.54, 1.807) is 0 Å². The molecule has 31 heavy (non-hydrogen) atoms. The van der Waals surface area contributed by atoms with Crippen LogP contribution in [0.25, 0.3) is 0 Å². The zero-order valence-corrected chi connectivity index (χ0v) is 22.1. The molecule has 1 heterocycles. The smallest absolute Gasteiger partial charge is 0.246 e. The minimum atomic E-state index is -3.17. The molecule has 0 amide bonds. The fourth-order valence-electron chi connectivity index (χ4n) is 4.38. The summed E-state index contributed by atoms with van der Waals surface area (Å²) < 4.78 is 28.3. The summed E-state index contributed by atoms with van der Waals surface area (Å²) >= 11 is 2.28. The average molecular weight is 546 g/mol. The van der Waals surface area contributed by atoms with E-state index in [0.717, 1.165) is 53.1 Å². The number of halogens is 1. The number of hydrogen-bond acceptors (Lipinski definition) is 3. The van der Waals surface area contributed by atoms with Crippen LogP contribution < -0.4 is 25.4 Å².